The van der Waals surface area contributed by atoms with E-state index in [1.165, 1.54) is 11.1 Å². The largest absolute Gasteiger partial charge is 0.303 e. The standard InChI is InChI=1S/C15H20N2O2.ClH/c1-10-14-8-11-4-5-12(17(18)19)9-13(11)15(10,2)6-7-16(14)3;/h4-5,9-10,14H,6-8H2,1-3H3;1H. The first kappa shape index (κ1) is 15.3. The predicted molar refractivity (Wildman–Crippen MR) is 81.6 cm³/mol. The molecule has 1 fully saturated rings. The Balaban J connectivity index is 0.00000147. The summed E-state index contributed by atoms with van der Waals surface area (Å²) in [6.45, 7) is 5.65. The first-order valence-corrected chi connectivity index (χ1v) is 6.91. The number of benzene rings is 1. The number of halogens is 1. The minimum atomic E-state index is -0.282. The molecule has 0 spiro atoms. The van der Waals surface area contributed by atoms with Gasteiger partial charge in [0.2, 0.25) is 0 Å². The molecule has 0 saturated carbocycles. The third-order valence-corrected chi connectivity index (χ3v) is 5.48. The van der Waals surface area contributed by atoms with E-state index in [1.807, 2.05) is 12.1 Å². The van der Waals surface area contributed by atoms with Gasteiger partial charge in [-0.05, 0) is 48.9 Å². The maximum absolute atomic E-state index is 11.0. The molecule has 1 saturated heterocycles. The second-order valence-electron chi connectivity index (χ2n) is 6.31. The van der Waals surface area contributed by atoms with Crippen molar-refractivity contribution in [3.8, 4) is 0 Å². The minimum absolute atomic E-state index is 0. The van der Waals surface area contributed by atoms with Crippen molar-refractivity contribution in [3.63, 3.8) is 0 Å². The monoisotopic (exact) mass is 296 g/mol. The molecule has 0 aromatic heterocycles. The third-order valence-electron chi connectivity index (χ3n) is 5.48. The number of nitrogens with zero attached hydrogens (tertiary/aromatic N) is 2. The third kappa shape index (κ3) is 2.02. The summed E-state index contributed by atoms with van der Waals surface area (Å²) >= 11 is 0. The van der Waals surface area contributed by atoms with Crippen LogP contribution in [0.25, 0.3) is 0 Å². The number of likely N-dealkylation sites (tertiary alicyclic amines) is 1. The highest BCUT2D eigenvalue weighted by molar-refractivity contribution is 5.85. The van der Waals surface area contributed by atoms with Crippen molar-refractivity contribution in [1.82, 2.24) is 4.90 Å². The Kier molecular flexibility index (Phi) is 3.82. The molecule has 0 amide bonds. The number of fused-ring (bicyclic) bond motifs is 4. The summed E-state index contributed by atoms with van der Waals surface area (Å²) in [6.07, 6.45) is 2.09. The van der Waals surface area contributed by atoms with Crippen molar-refractivity contribution in [3.05, 3.63) is 39.4 Å². The zero-order valence-electron chi connectivity index (χ0n) is 12.1. The quantitative estimate of drug-likeness (QED) is 0.591. The molecule has 2 bridgehead atoms. The number of piperidine rings is 1. The minimum Gasteiger partial charge on any atom is -0.303 e. The molecule has 1 heterocycles. The Morgan fingerprint density at radius 3 is 2.80 bits per heavy atom. The van der Waals surface area contributed by atoms with E-state index >= 15 is 0 Å². The Labute approximate surface area is 125 Å². The van der Waals surface area contributed by atoms with Crippen molar-refractivity contribution in [2.45, 2.75) is 38.1 Å². The van der Waals surface area contributed by atoms with Crippen LogP contribution in [0, 0.1) is 16.0 Å². The summed E-state index contributed by atoms with van der Waals surface area (Å²) in [5, 5.41) is 11.0. The first-order valence-electron chi connectivity index (χ1n) is 6.91. The van der Waals surface area contributed by atoms with Gasteiger partial charge in [-0.3, -0.25) is 10.1 Å². The molecule has 3 atom stereocenters. The van der Waals surface area contributed by atoms with Crippen molar-refractivity contribution < 1.29 is 4.92 Å². The summed E-state index contributed by atoms with van der Waals surface area (Å²) in [4.78, 5) is 13.2. The van der Waals surface area contributed by atoms with Gasteiger partial charge >= 0.3 is 0 Å². The average Bonchev–Trinajstić information content (AvgIpc) is 2.38. The van der Waals surface area contributed by atoms with Gasteiger partial charge in [0, 0.05) is 18.2 Å². The van der Waals surface area contributed by atoms with Gasteiger partial charge in [-0.15, -0.1) is 12.4 Å². The van der Waals surface area contributed by atoms with Crippen LogP contribution in [0.5, 0.6) is 0 Å². The number of nitro groups is 1. The van der Waals surface area contributed by atoms with Crippen LogP contribution in [0.15, 0.2) is 18.2 Å². The molecule has 1 aliphatic heterocycles. The van der Waals surface area contributed by atoms with Gasteiger partial charge in [0.05, 0.1) is 4.92 Å². The van der Waals surface area contributed by atoms with E-state index in [1.54, 1.807) is 6.07 Å². The van der Waals surface area contributed by atoms with E-state index in [2.05, 4.69) is 25.8 Å². The van der Waals surface area contributed by atoms with Gasteiger partial charge in [0.25, 0.3) is 5.69 Å². The zero-order chi connectivity index (χ0) is 13.8. The molecular formula is C15H21ClN2O2. The molecule has 2 aliphatic rings. The second-order valence-corrected chi connectivity index (χ2v) is 6.31. The number of hydrogen-bond donors (Lipinski definition) is 0. The Bertz CT molecular complexity index is 549. The normalized spacial score (nSPS) is 32.1. The summed E-state index contributed by atoms with van der Waals surface area (Å²) in [6, 6.07) is 5.98. The zero-order valence-corrected chi connectivity index (χ0v) is 12.9. The van der Waals surface area contributed by atoms with Crippen molar-refractivity contribution in [1.29, 1.82) is 0 Å². The Morgan fingerprint density at radius 1 is 1.45 bits per heavy atom. The lowest BCUT2D eigenvalue weighted by atomic mass is 9.59. The fraction of sp³-hybridized carbons (Fsp3) is 0.600. The van der Waals surface area contributed by atoms with Crippen molar-refractivity contribution in [2.24, 2.45) is 5.92 Å². The molecule has 1 aliphatic carbocycles. The summed E-state index contributed by atoms with van der Waals surface area (Å²) in [5.41, 5.74) is 2.81. The topological polar surface area (TPSA) is 46.4 Å². The van der Waals surface area contributed by atoms with E-state index in [0.29, 0.717) is 12.0 Å². The SMILES string of the molecule is CC1C2Cc3ccc([N+](=O)[O-])cc3C1(C)CCN2C.Cl. The lowest BCUT2D eigenvalue weighted by Gasteiger charge is -2.53. The second kappa shape index (κ2) is 5.01. The molecule has 20 heavy (non-hydrogen) atoms. The fourth-order valence-electron chi connectivity index (χ4n) is 3.93. The molecule has 3 unspecified atom stereocenters. The molecule has 5 heteroatoms. The molecule has 0 radical (unpaired) electrons. The van der Waals surface area contributed by atoms with Gasteiger partial charge in [0.1, 0.15) is 0 Å². The number of non-ortho nitro benzene ring substituents is 1. The highest BCUT2D eigenvalue weighted by atomic mass is 35.5. The smallest absolute Gasteiger partial charge is 0.269 e. The van der Waals surface area contributed by atoms with Gasteiger partial charge in [-0.25, -0.2) is 0 Å². The molecule has 3 rings (SSSR count). The molecule has 1 aromatic carbocycles. The van der Waals surface area contributed by atoms with Crippen LogP contribution >= 0.6 is 12.4 Å². The number of likely N-dealkylation sites (N-methyl/N-ethyl adjacent to an activating group) is 1. The maximum atomic E-state index is 11.0. The predicted octanol–water partition coefficient (Wildman–Crippen LogP) is 3.17. The van der Waals surface area contributed by atoms with Crippen LogP contribution in [-0.2, 0) is 11.8 Å². The van der Waals surface area contributed by atoms with Gasteiger partial charge in [0.15, 0.2) is 0 Å². The van der Waals surface area contributed by atoms with E-state index < -0.39 is 0 Å². The fourth-order valence-corrected chi connectivity index (χ4v) is 3.93. The molecular weight excluding hydrogens is 276 g/mol. The van der Waals surface area contributed by atoms with Crippen LogP contribution in [0.2, 0.25) is 0 Å². The highest BCUT2D eigenvalue weighted by Crippen LogP contribution is 2.48. The summed E-state index contributed by atoms with van der Waals surface area (Å²) in [7, 11) is 2.19. The summed E-state index contributed by atoms with van der Waals surface area (Å²) < 4.78 is 0. The summed E-state index contributed by atoms with van der Waals surface area (Å²) in [5.74, 6) is 0.542. The molecule has 110 valence electrons. The number of rotatable bonds is 1. The van der Waals surface area contributed by atoms with Gasteiger partial charge in [-0.1, -0.05) is 19.9 Å². The van der Waals surface area contributed by atoms with E-state index in [0.717, 1.165) is 19.4 Å². The lowest BCUT2D eigenvalue weighted by molar-refractivity contribution is -0.385. The number of hydrogen-bond acceptors (Lipinski definition) is 3. The van der Waals surface area contributed by atoms with E-state index in [-0.39, 0.29) is 28.4 Å². The Morgan fingerprint density at radius 2 is 2.15 bits per heavy atom. The molecule has 0 N–H and O–H groups in total. The van der Waals surface area contributed by atoms with Crippen molar-refractivity contribution in [2.75, 3.05) is 13.6 Å². The average molecular weight is 297 g/mol. The first-order chi connectivity index (χ1) is 8.93. The maximum Gasteiger partial charge on any atom is 0.269 e. The van der Waals surface area contributed by atoms with Crippen LogP contribution in [-0.4, -0.2) is 29.5 Å². The van der Waals surface area contributed by atoms with E-state index in [9.17, 15) is 10.1 Å². The molecule has 1 aromatic rings. The van der Waals surface area contributed by atoms with Crippen molar-refractivity contribution >= 4 is 18.1 Å². The van der Waals surface area contributed by atoms with Gasteiger partial charge < -0.3 is 4.90 Å². The highest BCUT2D eigenvalue weighted by Gasteiger charge is 2.47. The van der Waals surface area contributed by atoms with Crippen LogP contribution in [0.1, 0.15) is 31.4 Å². The van der Waals surface area contributed by atoms with E-state index in [4.69, 9.17) is 0 Å². The molecule has 4 nitrogen and oxygen atoms in total. The van der Waals surface area contributed by atoms with Crippen LogP contribution in [0.4, 0.5) is 5.69 Å². The van der Waals surface area contributed by atoms with Crippen LogP contribution < -0.4 is 0 Å². The number of nitro benzene ring substituents is 1. The van der Waals surface area contributed by atoms with Gasteiger partial charge in [-0.2, -0.15) is 0 Å². The Hall–Kier alpha value is -1.13. The lowest BCUT2D eigenvalue weighted by Crippen LogP contribution is -2.56. The van der Waals surface area contributed by atoms with Crippen LogP contribution in [0.3, 0.4) is 0 Å².